The average molecular weight is 346 g/mol. The first-order chi connectivity index (χ1) is 10.5. The van der Waals surface area contributed by atoms with Crippen molar-refractivity contribution in [3.63, 3.8) is 0 Å². The molecule has 0 bridgehead atoms. The van der Waals surface area contributed by atoms with Crippen molar-refractivity contribution in [3.05, 3.63) is 28.2 Å². The van der Waals surface area contributed by atoms with Crippen LogP contribution in [-0.4, -0.2) is 18.6 Å². The van der Waals surface area contributed by atoms with Crippen LogP contribution in [0.4, 0.5) is 0 Å². The summed E-state index contributed by atoms with van der Waals surface area (Å²) in [6, 6.07) is 4.96. The molecule has 1 N–H and O–H groups in total. The number of amides is 1. The summed E-state index contributed by atoms with van der Waals surface area (Å²) in [4.78, 5) is 12.1. The molecule has 0 fully saturated rings. The van der Waals surface area contributed by atoms with Gasteiger partial charge in [-0.15, -0.1) is 0 Å². The SMILES string of the molecule is CCCCC(CC)CNC(=O)C(C)Oc1ccc(Cl)cc1Cl. The maximum Gasteiger partial charge on any atom is 0.260 e. The summed E-state index contributed by atoms with van der Waals surface area (Å²) in [5.41, 5.74) is 0. The first-order valence-electron chi connectivity index (χ1n) is 7.87. The Bertz CT molecular complexity index is 480. The highest BCUT2D eigenvalue weighted by Gasteiger charge is 2.17. The van der Waals surface area contributed by atoms with Gasteiger partial charge < -0.3 is 10.1 Å². The molecule has 0 radical (unpaired) electrons. The van der Waals surface area contributed by atoms with Crippen molar-refractivity contribution in [1.29, 1.82) is 0 Å². The summed E-state index contributed by atoms with van der Waals surface area (Å²) in [6.07, 6.45) is 3.99. The third-order valence-corrected chi connectivity index (χ3v) is 4.21. The number of nitrogens with one attached hydrogen (secondary N) is 1. The van der Waals surface area contributed by atoms with Gasteiger partial charge in [-0.1, -0.05) is 56.3 Å². The molecular formula is C17H25Cl2NO2. The van der Waals surface area contributed by atoms with Gasteiger partial charge in [0.25, 0.3) is 5.91 Å². The van der Waals surface area contributed by atoms with Crippen molar-refractivity contribution in [3.8, 4) is 5.75 Å². The van der Waals surface area contributed by atoms with Gasteiger partial charge in [-0.3, -0.25) is 4.79 Å². The summed E-state index contributed by atoms with van der Waals surface area (Å²) >= 11 is 11.9. The molecule has 0 aromatic heterocycles. The van der Waals surface area contributed by atoms with Crippen molar-refractivity contribution < 1.29 is 9.53 Å². The van der Waals surface area contributed by atoms with E-state index in [1.54, 1.807) is 25.1 Å². The Morgan fingerprint density at radius 2 is 2.05 bits per heavy atom. The summed E-state index contributed by atoms with van der Waals surface area (Å²) in [6.45, 7) is 6.74. The van der Waals surface area contributed by atoms with Crippen molar-refractivity contribution in [2.75, 3.05) is 6.54 Å². The Labute approximate surface area is 143 Å². The minimum Gasteiger partial charge on any atom is -0.479 e. The lowest BCUT2D eigenvalue weighted by molar-refractivity contribution is -0.127. The quantitative estimate of drug-likeness (QED) is 0.676. The highest BCUT2D eigenvalue weighted by atomic mass is 35.5. The number of hydrogen-bond acceptors (Lipinski definition) is 2. The standard InChI is InChI=1S/C17H25Cl2NO2/c1-4-6-7-13(5-2)11-20-17(21)12(3)22-16-9-8-14(18)10-15(16)19/h8-10,12-13H,4-7,11H2,1-3H3,(H,20,21). The van der Waals surface area contributed by atoms with Crippen LogP contribution in [0.15, 0.2) is 18.2 Å². The van der Waals surface area contributed by atoms with Gasteiger partial charge in [-0.05, 0) is 37.5 Å². The molecule has 1 rings (SSSR count). The third kappa shape index (κ3) is 6.45. The molecule has 1 amide bonds. The predicted molar refractivity (Wildman–Crippen MR) is 92.9 cm³/mol. The van der Waals surface area contributed by atoms with Gasteiger partial charge in [0.05, 0.1) is 5.02 Å². The van der Waals surface area contributed by atoms with Crippen molar-refractivity contribution in [2.24, 2.45) is 5.92 Å². The highest BCUT2D eigenvalue weighted by molar-refractivity contribution is 6.35. The van der Waals surface area contributed by atoms with E-state index >= 15 is 0 Å². The smallest absolute Gasteiger partial charge is 0.260 e. The van der Waals surface area contributed by atoms with E-state index in [0.717, 1.165) is 12.8 Å². The van der Waals surface area contributed by atoms with E-state index in [1.165, 1.54) is 12.8 Å². The number of rotatable bonds is 9. The summed E-state index contributed by atoms with van der Waals surface area (Å²) in [7, 11) is 0. The molecule has 22 heavy (non-hydrogen) atoms. The molecule has 0 saturated carbocycles. The molecule has 0 saturated heterocycles. The van der Waals surface area contributed by atoms with E-state index in [9.17, 15) is 4.79 Å². The number of carbonyl (C=O) groups excluding carboxylic acids is 1. The molecule has 0 aliphatic rings. The molecule has 1 aromatic carbocycles. The first-order valence-corrected chi connectivity index (χ1v) is 8.62. The van der Waals surface area contributed by atoms with Crippen LogP contribution in [0, 0.1) is 5.92 Å². The van der Waals surface area contributed by atoms with Crippen LogP contribution in [0.3, 0.4) is 0 Å². The zero-order chi connectivity index (χ0) is 16.5. The molecule has 0 aliphatic carbocycles. The Balaban J connectivity index is 2.47. The van der Waals surface area contributed by atoms with Crippen LogP contribution in [0.25, 0.3) is 0 Å². The van der Waals surface area contributed by atoms with E-state index in [0.29, 0.717) is 28.3 Å². The Kier molecular flexibility index (Phi) is 8.66. The molecule has 5 heteroatoms. The second kappa shape index (κ2) is 9.96. The van der Waals surface area contributed by atoms with Gasteiger partial charge in [0, 0.05) is 11.6 Å². The van der Waals surface area contributed by atoms with Gasteiger partial charge in [0.1, 0.15) is 5.75 Å². The van der Waals surface area contributed by atoms with Gasteiger partial charge in [-0.25, -0.2) is 0 Å². The minimum absolute atomic E-state index is 0.124. The maximum absolute atomic E-state index is 12.1. The third-order valence-electron chi connectivity index (χ3n) is 3.68. The van der Waals surface area contributed by atoms with E-state index in [2.05, 4.69) is 19.2 Å². The van der Waals surface area contributed by atoms with Gasteiger partial charge >= 0.3 is 0 Å². The number of halogens is 2. The normalized spacial score (nSPS) is 13.5. The molecule has 2 unspecified atom stereocenters. The second-order valence-corrected chi connectivity index (χ2v) is 6.34. The minimum atomic E-state index is -0.595. The molecule has 124 valence electrons. The van der Waals surface area contributed by atoms with Crippen molar-refractivity contribution in [2.45, 2.75) is 52.6 Å². The van der Waals surface area contributed by atoms with E-state index < -0.39 is 6.10 Å². The van der Waals surface area contributed by atoms with Crippen LogP contribution in [0.1, 0.15) is 46.5 Å². The number of unbranched alkanes of at least 4 members (excludes halogenated alkanes) is 1. The predicted octanol–water partition coefficient (Wildman–Crippen LogP) is 5.09. The van der Waals surface area contributed by atoms with Gasteiger partial charge in [0.2, 0.25) is 0 Å². The van der Waals surface area contributed by atoms with E-state index in [1.807, 2.05) is 0 Å². The van der Waals surface area contributed by atoms with Crippen molar-refractivity contribution >= 4 is 29.1 Å². The van der Waals surface area contributed by atoms with Gasteiger partial charge in [-0.2, -0.15) is 0 Å². The fraction of sp³-hybridized carbons (Fsp3) is 0.588. The second-order valence-electron chi connectivity index (χ2n) is 5.50. The fourth-order valence-corrected chi connectivity index (χ4v) is 2.60. The number of carbonyl (C=O) groups is 1. The van der Waals surface area contributed by atoms with Crippen LogP contribution < -0.4 is 10.1 Å². The number of benzene rings is 1. The monoisotopic (exact) mass is 345 g/mol. The van der Waals surface area contributed by atoms with E-state index in [4.69, 9.17) is 27.9 Å². The van der Waals surface area contributed by atoms with Crippen LogP contribution >= 0.6 is 23.2 Å². The number of ether oxygens (including phenoxy) is 1. The van der Waals surface area contributed by atoms with E-state index in [-0.39, 0.29) is 5.91 Å². The largest absolute Gasteiger partial charge is 0.479 e. The molecule has 0 spiro atoms. The summed E-state index contributed by atoms with van der Waals surface area (Å²) in [5, 5.41) is 3.90. The first kappa shape index (κ1) is 19.1. The Hall–Kier alpha value is -0.930. The molecule has 0 heterocycles. The molecule has 1 aromatic rings. The molecular weight excluding hydrogens is 321 g/mol. The van der Waals surface area contributed by atoms with Crippen LogP contribution in [0.2, 0.25) is 10.0 Å². The summed E-state index contributed by atoms with van der Waals surface area (Å²) in [5.74, 6) is 0.864. The van der Waals surface area contributed by atoms with Gasteiger partial charge in [0.15, 0.2) is 6.10 Å². The average Bonchev–Trinajstić information content (AvgIpc) is 2.49. The highest BCUT2D eigenvalue weighted by Crippen LogP contribution is 2.28. The lowest BCUT2D eigenvalue weighted by atomic mass is 9.99. The fourth-order valence-electron chi connectivity index (χ4n) is 2.15. The maximum atomic E-state index is 12.1. The molecule has 2 atom stereocenters. The van der Waals surface area contributed by atoms with Crippen LogP contribution in [0.5, 0.6) is 5.75 Å². The lowest BCUT2D eigenvalue weighted by Crippen LogP contribution is -2.38. The topological polar surface area (TPSA) is 38.3 Å². The number of hydrogen-bond donors (Lipinski definition) is 1. The Morgan fingerprint density at radius 1 is 1.32 bits per heavy atom. The molecule has 0 aliphatic heterocycles. The molecule has 3 nitrogen and oxygen atoms in total. The van der Waals surface area contributed by atoms with Crippen LogP contribution in [-0.2, 0) is 4.79 Å². The van der Waals surface area contributed by atoms with Crippen molar-refractivity contribution in [1.82, 2.24) is 5.32 Å². The summed E-state index contributed by atoms with van der Waals surface area (Å²) < 4.78 is 5.61. The zero-order valence-electron chi connectivity index (χ0n) is 13.5. The Morgan fingerprint density at radius 3 is 2.64 bits per heavy atom. The lowest BCUT2D eigenvalue weighted by Gasteiger charge is -2.19. The zero-order valence-corrected chi connectivity index (χ0v) is 15.0.